The van der Waals surface area contributed by atoms with Crippen LogP contribution >= 0.6 is 34.5 Å². The molecule has 5 heteroatoms. The molecule has 1 N–H and O–H groups in total. The molecule has 0 bridgehead atoms. The number of benzene rings is 1. The van der Waals surface area contributed by atoms with Crippen LogP contribution < -0.4 is 5.32 Å². The summed E-state index contributed by atoms with van der Waals surface area (Å²) in [4.78, 5) is 5.56. The lowest BCUT2D eigenvalue weighted by Crippen LogP contribution is -2.22. The molecule has 0 aliphatic heterocycles. The van der Waals surface area contributed by atoms with E-state index in [-0.39, 0.29) is 6.04 Å². The molecule has 1 atom stereocenters. The predicted molar refractivity (Wildman–Crippen MR) is 83.4 cm³/mol. The highest BCUT2D eigenvalue weighted by atomic mass is 35.5. The minimum atomic E-state index is 0.245. The van der Waals surface area contributed by atoms with Crippen molar-refractivity contribution in [1.82, 2.24) is 10.3 Å². The Hall–Kier alpha value is -0.610. The van der Waals surface area contributed by atoms with Gasteiger partial charge in [0.2, 0.25) is 0 Å². The van der Waals surface area contributed by atoms with Crippen LogP contribution in [0.5, 0.6) is 0 Å². The number of nitrogens with one attached hydrogen (secondary N) is 1. The Morgan fingerprint density at radius 1 is 1.37 bits per heavy atom. The highest BCUT2D eigenvalue weighted by Gasteiger charge is 2.15. The van der Waals surface area contributed by atoms with Crippen LogP contribution in [0.1, 0.15) is 28.4 Å². The van der Waals surface area contributed by atoms with Crippen molar-refractivity contribution in [3.8, 4) is 0 Å². The third-order valence-corrected chi connectivity index (χ3v) is 4.49. The summed E-state index contributed by atoms with van der Waals surface area (Å²) in [5.41, 5.74) is 1.10. The van der Waals surface area contributed by atoms with Crippen molar-refractivity contribution in [3.05, 3.63) is 49.9 Å². The molecule has 0 aliphatic carbocycles. The number of nitrogens with zero attached hydrogens (tertiary/aromatic N) is 1. The lowest BCUT2D eigenvalue weighted by Gasteiger charge is -2.17. The molecule has 0 radical (unpaired) electrons. The summed E-state index contributed by atoms with van der Waals surface area (Å²) in [5.74, 6) is 0. The molecule has 102 valence electrons. The summed E-state index contributed by atoms with van der Waals surface area (Å²) in [5, 5.41) is 5.95. The Morgan fingerprint density at radius 2 is 2.16 bits per heavy atom. The number of rotatable bonds is 5. The van der Waals surface area contributed by atoms with Crippen LogP contribution in [0.25, 0.3) is 0 Å². The second-order valence-electron chi connectivity index (χ2n) is 4.33. The standard InChI is InChI=1S/C14H16Cl2N2S/c1-3-17-13(14-8-18-9(2)19-14)6-10-4-5-11(15)7-12(10)16/h4-5,7-8,13,17H,3,6H2,1-2H3. The van der Waals surface area contributed by atoms with Gasteiger partial charge in [-0.15, -0.1) is 11.3 Å². The molecule has 0 amide bonds. The molecule has 19 heavy (non-hydrogen) atoms. The Balaban J connectivity index is 2.21. The third kappa shape index (κ3) is 3.93. The van der Waals surface area contributed by atoms with Crippen molar-refractivity contribution < 1.29 is 0 Å². The van der Waals surface area contributed by atoms with Gasteiger partial charge in [-0.25, -0.2) is 4.98 Å². The maximum atomic E-state index is 6.24. The molecule has 2 aromatic rings. The number of thiazole rings is 1. The first-order valence-electron chi connectivity index (χ1n) is 6.19. The average molecular weight is 315 g/mol. The smallest absolute Gasteiger partial charge is 0.0897 e. The van der Waals surface area contributed by atoms with Gasteiger partial charge in [-0.1, -0.05) is 36.2 Å². The molecule has 2 nitrogen and oxygen atoms in total. The molecule has 1 aromatic heterocycles. The van der Waals surface area contributed by atoms with E-state index in [1.165, 1.54) is 4.88 Å². The normalized spacial score (nSPS) is 12.6. The van der Waals surface area contributed by atoms with E-state index in [0.29, 0.717) is 5.02 Å². The van der Waals surface area contributed by atoms with Gasteiger partial charge in [0, 0.05) is 27.2 Å². The predicted octanol–water partition coefficient (Wildman–Crippen LogP) is 4.65. The molecular weight excluding hydrogens is 299 g/mol. The van der Waals surface area contributed by atoms with Crippen molar-refractivity contribution in [3.63, 3.8) is 0 Å². The summed E-state index contributed by atoms with van der Waals surface area (Å²) in [6.45, 7) is 5.03. The van der Waals surface area contributed by atoms with Crippen molar-refractivity contribution in [2.24, 2.45) is 0 Å². The first-order chi connectivity index (χ1) is 9.10. The lowest BCUT2D eigenvalue weighted by molar-refractivity contribution is 0.557. The minimum absolute atomic E-state index is 0.245. The Morgan fingerprint density at radius 3 is 2.74 bits per heavy atom. The van der Waals surface area contributed by atoms with E-state index in [2.05, 4.69) is 17.2 Å². The molecule has 0 saturated heterocycles. The summed E-state index contributed by atoms with van der Waals surface area (Å²) in [6, 6.07) is 5.90. The van der Waals surface area contributed by atoms with Gasteiger partial charge in [-0.05, 0) is 37.6 Å². The topological polar surface area (TPSA) is 24.9 Å². The van der Waals surface area contributed by atoms with Crippen molar-refractivity contribution in [2.75, 3.05) is 6.54 Å². The van der Waals surface area contributed by atoms with Crippen molar-refractivity contribution in [2.45, 2.75) is 26.3 Å². The fourth-order valence-corrected chi connectivity index (χ4v) is 3.31. The van der Waals surface area contributed by atoms with Gasteiger partial charge in [-0.3, -0.25) is 0 Å². The van der Waals surface area contributed by atoms with Gasteiger partial charge in [0.25, 0.3) is 0 Å². The van der Waals surface area contributed by atoms with Gasteiger partial charge in [0.15, 0.2) is 0 Å². The molecule has 0 aliphatic rings. The van der Waals surface area contributed by atoms with Crippen LogP contribution in [0.15, 0.2) is 24.4 Å². The van der Waals surface area contributed by atoms with Crippen molar-refractivity contribution >= 4 is 34.5 Å². The van der Waals surface area contributed by atoms with Crippen LogP contribution in [0.3, 0.4) is 0 Å². The Bertz CT molecular complexity index is 554. The second kappa shape index (κ2) is 6.71. The van der Waals surface area contributed by atoms with Gasteiger partial charge in [0.05, 0.1) is 5.01 Å². The number of hydrogen-bond donors (Lipinski definition) is 1. The SMILES string of the molecule is CCNC(Cc1ccc(Cl)cc1Cl)c1cnc(C)s1. The van der Waals surface area contributed by atoms with Gasteiger partial charge in [-0.2, -0.15) is 0 Å². The quantitative estimate of drug-likeness (QED) is 0.868. The zero-order valence-electron chi connectivity index (χ0n) is 10.9. The van der Waals surface area contributed by atoms with Crippen LogP contribution in [0.4, 0.5) is 0 Å². The molecule has 1 unspecified atom stereocenters. The van der Waals surface area contributed by atoms with E-state index < -0.39 is 0 Å². The monoisotopic (exact) mass is 314 g/mol. The van der Waals surface area contributed by atoms with E-state index >= 15 is 0 Å². The van der Waals surface area contributed by atoms with Crippen LogP contribution in [0.2, 0.25) is 10.0 Å². The maximum absolute atomic E-state index is 6.24. The van der Waals surface area contributed by atoms with Crippen molar-refractivity contribution in [1.29, 1.82) is 0 Å². The summed E-state index contributed by atoms with van der Waals surface area (Å²) in [7, 11) is 0. The van der Waals surface area contributed by atoms with Gasteiger partial charge >= 0.3 is 0 Å². The van der Waals surface area contributed by atoms with Gasteiger partial charge in [0.1, 0.15) is 0 Å². The molecule has 1 heterocycles. The average Bonchev–Trinajstić information content (AvgIpc) is 2.78. The summed E-state index contributed by atoms with van der Waals surface area (Å²) < 4.78 is 0. The van der Waals surface area contributed by atoms with E-state index in [1.807, 2.05) is 25.3 Å². The Kier molecular flexibility index (Phi) is 5.22. The van der Waals surface area contributed by atoms with Gasteiger partial charge < -0.3 is 5.32 Å². The highest BCUT2D eigenvalue weighted by Crippen LogP contribution is 2.28. The fourth-order valence-electron chi connectivity index (χ4n) is 1.97. The summed E-state index contributed by atoms with van der Waals surface area (Å²) in [6.07, 6.45) is 2.78. The van der Waals surface area contributed by atoms with Crippen LogP contribution in [-0.4, -0.2) is 11.5 Å². The molecular formula is C14H16Cl2N2S. The van der Waals surface area contributed by atoms with E-state index in [4.69, 9.17) is 23.2 Å². The largest absolute Gasteiger partial charge is 0.309 e. The summed E-state index contributed by atoms with van der Waals surface area (Å²) >= 11 is 13.9. The van der Waals surface area contributed by atoms with Crippen LogP contribution in [-0.2, 0) is 6.42 Å². The Labute approximate surface area is 127 Å². The minimum Gasteiger partial charge on any atom is -0.309 e. The third-order valence-electron chi connectivity index (χ3n) is 2.87. The molecule has 0 saturated carbocycles. The van der Waals surface area contributed by atoms with E-state index in [9.17, 15) is 0 Å². The molecule has 0 fully saturated rings. The lowest BCUT2D eigenvalue weighted by atomic mass is 10.0. The molecule has 2 rings (SSSR count). The first kappa shape index (κ1) is 14.8. The van der Waals surface area contributed by atoms with E-state index in [0.717, 1.165) is 28.6 Å². The number of aromatic nitrogens is 1. The second-order valence-corrected chi connectivity index (χ2v) is 6.44. The van der Waals surface area contributed by atoms with E-state index in [1.54, 1.807) is 17.4 Å². The molecule has 1 aromatic carbocycles. The number of hydrogen-bond acceptors (Lipinski definition) is 3. The zero-order valence-corrected chi connectivity index (χ0v) is 13.2. The first-order valence-corrected chi connectivity index (χ1v) is 7.77. The van der Waals surface area contributed by atoms with Crippen LogP contribution in [0, 0.1) is 6.92 Å². The number of likely N-dealkylation sites (N-methyl/N-ethyl adjacent to an activating group) is 1. The molecule has 0 spiro atoms. The maximum Gasteiger partial charge on any atom is 0.0897 e. The fraction of sp³-hybridized carbons (Fsp3) is 0.357. The number of halogens is 2. The number of aryl methyl sites for hydroxylation is 1. The zero-order chi connectivity index (χ0) is 13.8. The highest BCUT2D eigenvalue weighted by molar-refractivity contribution is 7.11.